The van der Waals surface area contributed by atoms with E-state index < -0.39 is 0 Å². The number of thioether (sulfide) groups is 1. The molecule has 3 heteroatoms. The van der Waals surface area contributed by atoms with Gasteiger partial charge in [0.2, 0.25) is 0 Å². The summed E-state index contributed by atoms with van der Waals surface area (Å²) >= 11 is 1.82. The van der Waals surface area contributed by atoms with Crippen molar-refractivity contribution in [1.82, 2.24) is 0 Å². The molecule has 0 spiro atoms. The lowest BCUT2D eigenvalue weighted by atomic mass is 9.91. The Morgan fingerprint density at radius 2 is 2.20 bits per heavy atom. The number of rotatable bonds is 4. The third-order valence-corrected chi connectivity index (χ3v) is 5.45. The Morgan fingerprint density at radius 1 is 1.35 bits per heavy atom. The van der Waals surface area contributed by atoms with Gasteiger partial charge in [-0.2, -0.15) is 11.8 Å². The van der Waals surface area contributed by atoms with E-state index in [0.717, 1.165) is 22.5 Å². The lowest BCUT2D eigenvalue weighted by Gasteiger charge is -2.25. The van der Waals surface area contributed by atoms with Gasteiger partial charge in [0.15, 0.2) is 5.78 Å². The average molecular weight is 288 g/mol. The van der Waals surface area contributed by atoms with Crippen LogP contribution in [0.5, 0.6) is 0 Å². The van der Waals surface area contributed by atoms with Crippen LogP contribution in [0, 0.1) is 5.92 Å². The molecule has 2 unspecified atom stereocenters. The van der Waals surface area contributed by atoms with E-state index in [1.54, 1.807) is 6.26 Å². The van der Waals surface area contributed by atoms with E-state index in [9.17, 15) is 4.79 Å². The van der Waals surface area contributed by atoms with E-state index in [1.807, 2.05) is 36.0 Å². The number of hydrogen-bond donors (Lipinski definition) is 0. The van der Waals surface area contributed by atoms with Crippen LogP contribution >= 0.6 is 11.8 Å². The largest absolute Gasteiger partial charge is 0.464 e. The SMILES string of the molecule is CC1CCCC(SCC(=O)c2coc3ccccc23)C1. The van der Waals surface area contributed by atoms with Crippen molar-refractivity contribution in [1.29, 1.82) is 0 Å². The first-order valence-electron chi connectivity index (χ1n) is 7.35. The minimum Gasteiger partial charge on any atom is -0.464 e. The van der Waals surface area contributed by atoms with Crippen molar-refractivity contribution in [2.24, 2.45) is 5.92 Å². The molecule has 1 aliphatic carbocycles. The molecule has 2 nitrogen and oxygen atoms in total. The van der Waals surface area contributed by atoms with Gasteiger partial charge in [0.1, 0.15) is 11.8 Å². The van der Waals surface area contributed by atoms with Crippen molar-refractivity contribution in [3.63, 3.8) is 0 Å². The standard InChI is InChI=1S/C17H20O2S/c1-12-5-4-6-13(9-12)20-11-16(18)15-10-19-17-8-3-2-7-14(15)17/h2-3,7-8,10,12-13H,4-6,9,11H2,1H3. The van der Waals surface area contributed by atoms with Crippen LogP contribution < -0.4 is 0 Å². The number of para-hydroxylation sites is 1. The summed E-state index contributed by atoms with van der Waals surface area (Å²) in [5.41, 5.74) is 1.53. The quantitative estimate of drug-likeness (QED) is 0.747. The van der Waals surface area contributed by atoms with Gasteiger partial charge in [0.05, 0.1) is 11.3 Å². The number of carbonyl (C=O) groups is 1. The second kappa shape index (κ2) is 6.04. The molecular formula is C17H20O2S. The molecule has 0 amide bonds. The number of ketones is 1. The Kier molecular flexibility index (Phi) is 4.16. The Morgan fingerprint density at radius 3 is 3.05 bits per heavy atom. The van der Waals surface area contributed by atoms with E-state index in [4.69, 9.17) is 4.42 Å². The van der Waals surface area contributed by atoms with Gasteiger partial charge < -0.3 is 4.42 Å². The summed E-state index contributed by atoms with van der Waals surface area (Å²) in [6, 6.07) is 7.74. The molecule has 2 aromatic rings. The van der Waals surface area contributed by atoms with E-state index >= 15 is 0 Å². The maximum absolute atomic E-state index is 12.4. The fourth-order valence-electron chi connectivity index (χ4n) is 2.99. The monoisotopic (exact) mass is 288 g/mol. The van der Waals surface area contributed by atoms with Crippen LogP contribution in [-0.2, 0) is 0 Å². The van der Waals surface area contributed by atoms with Crippen LogP contribution in [0.25, 0.3) is 11.0 Å². The maximum atomic E-state index is 12.4. The summed E-state index contributed by atoms with van der Waals surface area (Å²) < 4.78 is 5.45. The molecule has 1 heterocycles. The van der Waals surface area contributed by atoms with Gasteiger partial charge in [-0.05, 0) is 24.8 Å². The Bertz CT molecular complexity index is 602. The normalized spacial score (nSPS) is 23.1. The van der Waals surface area contributed by atoms with Gasteiger partial charge >= 0.3 is 0 Å². The van der Waals surface area contributed by atoms with Gasteiger partial charge in [-0.3, -0.25) is 4.79 Å². The highest BCUT2D eigenvalue weighted by molar-refractivity contribution is 8.00. The molecule has 1 saturated carbocycles. The molecule has 106 valence electrons. The summed E-state index contributed by atoms with van der Waals surface area (Å²) in [5, 5.41) is 1.59. The van der Waals surface area contributed by atoms with Gasteiger partial charge in [-0.15, -0.1) is 0 Å². The second-order valence-corrected chi connectivity index (χ2v) is 7.06. The van der Waals surface area contributed by atoms with Crippen LogP contribution in [-0.4, -0.2) is 16.8 Å². The fourth-order valence-corrected chi connectivity index (χ4v) is 4.34. The summed E-state index contributed by atoms with van der Waals surface area (Å²) in [7, 11) is 0. The predicted molar refractivity (Wildman–Crippen MR) is 84.4 cm³/mol. The highest BCUT2D eigenvalue weighted by Crippen LogP contribution is 2.32. The molecular weight excluding hydrogens is 268 g/mol. The smallest absolute Gasteiger partial charge is 0.176 e. The second-order valence-electron chi connectivity index (χ2n) is 5.77. The van der Waals surface area contributed by atoms with Crippen molar-refractivity contribution >= 4 is 28.5 Å². The lowest BCUT2D eigenvalue weighted by molar-refractivity contribution is 0.102. The molecule has 0 bridgehead atoms. The number of hydrogen-bond acceptors (Lipinski definition) is 3. The van der Waals surface area contributed by atoms with E-state index in [0.29, 0.717) is 11.0 Å². The van der Waals surface area contributed by atoms with Gasteiger partial charge in [0.25, 0.3) is 0 Å². The number of benzene rings is 1. The molecule has 0 aliphatic heterocycles. The van der Waals surface area contributed by atoms with Gasteiger partial charge in [-0.1, -0.05) is 38.0 Å². The van der Waals surface area contributed by atoms with Crippen molar-refractivity contribution in [3.8, 4) is 0 Å². The zero-order valence-electron chi connectivity index (χ0n) is 11.8. The van der Waals surface area contributed by atoms with E-state index in [-0.39, 0.29) is 5.78 Å². The molecule has 0 saturated heterocycles. The first-order chi connectivity index (χ1) is 9.74. The number of furan rings is 1. The summed E-state index contributed by atoms with van der Waals surface area (Å²) in [4.78, 5) is 12.4. The number of Topliss-reactive ketones (excluding diaryl/α,β-unsaturated/α-hetero) is 1. The molecule has 1 aromatic heterocycles. The number of carbonyl (C=O) groups excluding carboxylic acids is 1. The van der Waals surface area contributed by atoms with Crippen LogP contribution in [0.15, 0.2) is 34.9 Å². The zero-order valence-corrected chi connectivity index (χ0v) is 12.6. The Balaban J connectivity index is 1.64. The molecule has 0 radical (unpaired) electrons. The fraction of sp³-hybridized carbons (Fsp3) is 0.471. The highest BCUT2D eigenvalue weighted by Gasteiger charge is 2.21. The van der Waals surface area contributed by atoms with E-state index in [1.165, 1.54) is 25.7 Å². The van der Waals surface area contributed by atoms with Crippen molar-refractivity contribution in [3.05, 3.63) is 36.1 Å². The third-order valence-electron chi connectivity index (χ3n) is 4.12. The first kappa shape index (κ1) is 13.7. The topological polar surface area (TPSA) is 30.2 Å². The van der Waals surface area contributed by atoms with Gasteiger partial charge in [0, 0.05) is 10.6 Å². The van der Waals surface area contributed by atoms with E-state index in [2.05, 4.69) is 6.92 Å². The Hall–Kier alpha value is -1.22. The molecule has 1 fully saturated rings. The van der Waals surface area contributed by atoms with Crippen LogP contribution in [0.3, 0.4) is 0 Å². The van der Waals surface area contributed by atoms with Crippen LogP contribution in [0.1, 0.15) is 43.0 Å². The average Bonchev–Trinajstić information content (AvgIpc) is 2.89. The third kappa shape index (κ3) is 2.93. The molecule has 20 heavy (non-hydrogen) atoms. The minimum absolute atomic E-state index is 0.193. The zero-order chi connectivity index (χ0) is 13.9. The predicted octanol–water partition coefficient (Wildman–Crippen LogP) is 4.93. The summed E-state index contributed by atoms with van der Waals surface area (Å²) in [6.07, 6.45) is 6.77. The highest BCUT2D eigenvalue weighted by atomic mass is 32.2. The van der Waals surface area contributed by atoms with Crippen molar-refractivity contribution < 1.29 is 9.21 Å². The molecule has 0 N–H and O–H groups in total. The summed E-state index contributed by atoms with van der Waals surface area (Å²) in [6.45, 7) is 2.32. The summed E-state index contributed by atoms with van der Waals surface area (Å²) in [5.74, 6) is 1.57. The Labute approximate surface area is 123 Å². The molecule has 3 rings (SSSR count). The van der Waals surface area contributed by atoms with Crippen molar-refractivity contribution in [2.75, 3.05) is 5.75 Å². The minimum atomic E-state index is 0.193. The molecule has 1 aliphatic rings. The maximum Gasteiger partial charge on any atom is 0.176 e. The lowest BCUT2D eigenvalue weighted by Crippen LogP contribution is -2.17. The van der Waals surface area contributed by atoms with Crippen LogP contribution in [0.2, 0.25) is 0 Å². The molecule has 1 aromatic carbocycles. The first-order valence-corrected chi connectivity index (χ1v) is 8.40. The number of fused-ring (bicyclic) bond motifs is 1. The van der Waals surface area contributed by atoms with Gasteiger partial charge in [-0.25, -0.2) is 0 Å². The molecule has 2 atom stereocenters. The van der Waals surface area contributed by atoms with Crippen molar-refractivity contribution in [2.45, 2.75) is 37.9 Å². The van der Waals surface area contributed by atoms with Crippen LogP contribution in [0.4, 0.5) is 0 Å².